The minimum atomic E-state index is -0.00819. The van der Waals surface area contributed by atoms with Gasteiger partial charge < -0.3 is 11.5 Å². The molecule has 0 saturated carbocycles. The van der Waals surface area contributed by atoms with Gasteiger partial charge in [0.25, 0.3) is 0 Å². The first-order chi connectivity index (χ1) is 11.6. The molecule has 128 valence electrons. The van der Waals surface area contributed by atoms with E-state index in [4.69, 9.17) is 0 Å². The Labute approximate surface area is 145 Å². The van der Waals surface area contributed by atoms with Crippen LogP contribution in [0.3, 0.4) is 0 Å². The zero-order chi connectivity index (χ0) is 18.4. The Balaban J connectivity index is 0.00000123. The van der Waals surface area contributed by atoms with Crippen molar-refractivity contribution in [1.82, 2.24) is 0 Å². The Morgan fingerprint density at radius 1 is 0.667 bits per heavy atom. The standard InChI is InChI=1S/C19H18O.2CH5N/c1-15-3-7-17(8-4-15)11-13-19(20)14-12-18-9-5-16(2)6-10-18;2*1-2/h3-14H,1-2H3;2*2H2,1H3/b13-11+,14-12+;;. The van der Waals surface area contributed by atoms with E-state index in [1.807, 2.05) is 74.5 Å². The molecule has 3 nitrogen and oxygen atoms in total. The minimum absolute atomic E-state index is 0.00819. The molecule has 0 saturated heterocycles. The van der Waals surface area contributed by atoms with Gasteiger partial charge in [-0.25, -0.2) is 0 Å². The van der Waals surface area contributed by atoms with Crippen LogP contribution in [0.25, 0.3) is 12.2 Å². The Morgan fingerprint density at radius 3 is 1.25 bits per heavy atom. The summed E-state index contributed by atoms with van der Waals surface area (Å²) in [7, 11) is 3.00. The lowest BCUT2D eigenvalue weighted by molar-refractivity contribution is -0.110. The number of nitrogens with two attached hydrogens (primary N) is 2. The third-order valence-corrected chi connectivity index (χ3v) is 3.03. The van der Waals surface area contributed by atoms with Crippen LogP contribution in [0.15, 0.2) is 60.7 Å². The number of hydrogen-bond donors (Lipinski definition) is 2. The predicted octanol–water partition coefficient (Wildman–Crippen LogP) is 3.75. The fourth-order valence-corrected chi connectivity index (χ4v) is 1.77. The summed E-state index contributed by atoms with van der Waals surface area (Å²) in [4.78, 5) is 11.7. The Hall–Kier alpha value is -2.49. The van der Waals surface area contributed by atoms with E-state index in [1.165, 1.54) is 25.2 Å². The molecule has 0 spiro atoms. The predicted molar refractivity (Wildman–Crippen MR) is 106 cm³/mol. The zero-order valence-corrected chi connectivity index (χ0v) is 15.0. The van der Waals surface area contributed by atoms with Gasteiger partial charge in [-0.3, -0.25) is 4.79 Å². The van der Waals surface area contributed by atoms with E-state index in [1.54, 1.807) is 12.2 Å². The maximum absolute atomic E-state index is 11.7. The van der Waals surface area contributed by atoms with Crippen molar-refractivity contribution in [3.63, 3.8) is 0 Å². The van der Waals surface area contributed by atoms with E-state index in [0.29, 0.717) is 0 Å². The normalized spacial score (nSPS) is 9.92. The number of allylic oxidation sites excluding steroid dienone is 2. The van der Waals surface area contributed by atoms with Crippen molar-refractivity contribution < 1.29 is 4.79 Å². The largest absolute Gasteiger partial charge is 0.333 e. The maximum atomic E-state index is 11.7. The van der Waals surface area contributed by atoms with Crippen LogP contribution in [0.4, 0.5) is 0 Å². The van der Waals surface area contributed by atoms with Gasteiger partial charge in [-0.15, -0.1) is 0 Å². The second kappa shape index (κ2) is 13.0. The van der Waals surface area contributed by atoms with E-state index in [9.17, 15) is 4.79 Å². The summed E-state index contributed by atoms with van der Waals surface area (Å²) in [6.07, 6.45) is 6.85. The van der Waals surface area contributed by atoms with Gasteiger partial charge in [0, 0.05) is 0 Å². The van der Waals surface area contributed by atoms with Gasteiger partial charge in [-0.05, 0) is 51.2 Å². The van der Waals surface area contributed by atoms with Crippen LogP contribution in [0.5, 0.6) is 0 Å². The average molecular weight is 324 g/mol. The highest BCUT2D eigenvalue weighted by Gasteiger charge is 1.92. The molecule has 0 amide bonds. The molecule has 2 aromatic carbocycles. The molecule has 2 aromatic rings. The summed E-state index contributed by atoms with van der Waals surface area (Å²) in [5, 5.41) is 0. The summed E-state index contributed by atoms with van der Waals surface area (Å²) in [5.41, 5.74) is 13.5. The van der Waals surface area contributed by atoms with Gasteiger partial charge >= 0.3 is 0 Å². The van der Waals surface area contributed by atoms with Crippen LogP contribution >= 0.6 is 0 Å². The fraction of sp³-hybridized carbons (Fsp3) is 0.190. The molecule has 0 aliphatic rings. The van der Waals surface area contributed by atoms with E-state index in [0.717, 1.165) is 11.1 Å². The first kappa shape index (κ1) is 21.5. The van der Waals surface area contributed by atoms with Crippen molar-refractivity contribution in [2.45, 2.75) is 13.8 Å². The van der Waals surface area contributed by atoms with Gasteiger partial charge in [-0.2, -0.15) is 0 Å². The number of benzene rings is 2. The van der Waals surface area contributed by atoms with Gasteiger partial charge in [0.1, 0.15) is 0 Å². The Bertz CT molecular complexity index is 581. The molecule has 0 heterocycles. The molecule has 0 atom stereocenters. The molecular formula is C21H28N2O. The number of carbonyl (C=O) groups is 1. The van der Waals surface area contributed by atoms with Crippen LogP contribution in [0.2, 0.25) is 0 Å². The summed E-state index contributed by atoms with van der Waals surface area (Å²) in [6, 6.07) is 16.1. The van der Waals surface area contributed by atoms with Gasteiger partial charge in [0.2, 0.25) is 0 Å². The number of ketones is 1. The lowest BCUT2D eigenvalue weighted by atomic mass is 10.1. The topological polar surface area (TPSA) is 69.1 Å². The molecule has 4 N–H and O–H groups in total. The molecule has 0 aromatic heterocycles. The van der Waals surface area contributed by atoms with E-state index < -0.39 is 0 Å². The third kappa shape index (κ3) is 8.83. The zero-order valence-electron chi connectivity index (χ0n) is 15.0. The molecule has 0 radical (unpaired) electrons. The lowest BCUT2D eigenvalue weighted by Crippen LogP contribution is -1.85. The number of hydrogen-bond acceptors (Lipinski definition) is 3. The molecular weight excluding hydrogens is 296 g/mol. The lowest BCUT2D eigenvalue weighted by Gasteiger charge is -1.94. The monoisotopic (exact) mass is 324 g/mol. The highest BCUT2D eigenvalue weighted by Crippen LogP contribution is 2.07. The molecule has 0 aliphatic heterocycles. The first-order valence-corrected chi connectivity index (χ1v) is 7.82. The van der Waals surface area contributed by atoms with Crippen LogP contribution in [-0.4, -0.2) is 19.9 Å². The molecule has 24 heavy (non-hydrogen) atoms. The second-order valence-electron chi connectivity index (χ2n) is 4.89. The van der Waals surface area contributed by atoms with E-state index in [2.05, 4.69) is 11.5 Å². The summed E-state index contributed by atoms with van der Waals surface area (Å²) >= 11 is 0. The van der Waals surface area contributed by atoms with Crippen LogP contribution in [-0.2, 0) is 4.79 Å². The molecule has 0 fully saturated rings. The molecule has 0 aliphatic carbocycles. The third-order valence-electron chi connectivity index (χ3n) is 3.03. The van der Waals surface area contributed by atoms with Gasteiger partial charge in [0.15, 0.2) is 5.78 Å². The smallest absolute Gasteiger partial charge is 0.178 e. The van der Waals surface area contributed by atoms with Crippen LogP contribution in [0, 0.1) is 13.8 Å². The first-order valence-electron chi connectivity index (χ1n) is 7.82. The Morgan fingerprint density at radius 2 is 0.958 bits per heavy atom. The van der Waals surface area contributed by atoms with Crippen molar-refractivity contribution in [3.8, 4) is 0 Å². The summed E-state index contributed by atoms with van der Waals surface area (Å²) in [6.45, 7) is 4.09. The van der Waals surface area contributed by atoms with Gasteiger partial charge in [-0.1, -0.05) is 71.8 Å². The molecule has 0 bridgehead atoms. The highest BCUT2D eigenvalue weighted by atomic mass is 16.1. The van der Waals surface area contributed by atoms with Crippen molar-refractivity contribution in [3.05, 3.63) is 82.9 Å². The van der Waals surface area contributed by atoms with Crippen molar-refractivity contribution in [1.29, 1.82) is 0 Å². The minimum Gasteiger partial charge on any atom is -0.333 e. The summed E-state index contributed by atoms with van der Waals surface area (Å²) < 4.78 is 0. The van der Waals surface area contributed by atoms with Crippen molar-refractivity contribution in [2.75, 3.05) is 14.1 Å². The quantitative estimate of drug-likeness (QED) is 0.842. The van der Waals surface area contributed by atoms with Crippen LogP contribution < -0.4 is 11.5 Å². The van der Waals surface area contributed by atoms with E-state index >= 15 is 0 Å². The van der Waals surface area contributed by atoms with Crippen LogP contribution in [0.1, 0.15) is 22.3 Å². The summed E-state index contributed by atoms with van der Waals surface area (Å²) in [5.74, 6) is -0.00819. The van der Waals surface area contributed by atoms with E-state index in [-0.39, 0.29) is 5.78 Å². The SMILES string of the molecule is CN.CN.Cc1ccc(/C=C/C(=O)/C=C/c2ccc(C)cc2)cc1. The van der Waals surface area contributed by atoms with Gasteiger partial charge in [0.05, 0.1) is 0 Å². The number of aryl methyl sites for hydroxylation is 2. The highest BCUT2D eigenvalue weighted by molar-refractivity contribution is 6.04. The number of carbonyl (C=O) groups excluding carboxylic acids is 1. The maximum Gasteiger partial charge on any atom is 0.178 e. The van der Waals surface area contributed by atoms with Crippen molar-refractivity contribution >= 4 is 17.9 Å². The number of rotatable bonds is 4. The molecule has 3 heteroatoms. The molecule has 0 unspecified atom stereocenters. The molecule has 2 rings (SSSR count). The fourth-order valence-electron chi connectivity index (χ4n) is 1.77. The average Bonchev–Trinajstić information content (AvgIpc) is 2.64. The second-order valence-corrected chi connectivity index (χ2v) is 4.89. The van der Waals surface area contributed by atoms with Crippen molar-refractivity contribution in [2.24, 2.45) is 11.5 Å². The Kier molecular flexibility index (Phi) is 11.6.